The van der Waals surface area contributed by atoms with Gasteiger partial charge in [-0.25, -0.2) is 3.11 Å². The zero-order valence-electron chi connectivity index (χ0n) is 8.17. The molecule has 0 spiro atoms. The first kappa shape index (κ1) is 11.7. The van der Waals surface area contributed by atoms with Gasteiger partial charge < -0.3 is 9.47 Å². The Morgan fingerprint density at radius 1 is 1.31 bits per heavy atom. The quantitative estimate of drug-likeness (QED) is 0.439. The Hall–Kier alpha value is 0.610. The fraction of sp³-hybridized carbons (Fsp3) is 1.00. The summed E-state index contributed by atoms with van der Waals surface area (Å²) in [7, 11) is 0. The van der Waals surface area contributed by atoms with E-state index in [1.54, 1.807) is 0 Å². The molecule has 1 fully saturated rings. The number of nitrogens with zero attached hydrogens (tertiary/aromatic N) is 1. The van der Waals surface area contributed by atoms with Gasteiger partial charge in [0.15, 0.2) is 0 Å². The fourth-order valence-corrected chi connectivity index (χ4v) is 1.97. The molecule has 1 heterocycles. The summed E-state index contributed by atoms with van der Waals surface area (Å²) in [5, 5.41) is 0. The van der Waals surface area contributed by atoms with Crippen molar-refractivity contribution in [1.82, 2.24) is 3.11 Å². The first-order chi connectivity index (χ1) is 6.33. The van der Waals surface area contributed by atoms with Crippen LogP contribution in [0.4, 0.5) is 0 Å². The van der Waals surface area contributed by atoms with E-state index in [0.29, 0.717) is 6.10 Å². The van der Waals surface area contributed by atoms with Gasteiger partial charge in [-0.05, 0) is 19.8 Å². The largest absolute Gasteiger partial charge is 0.379 e. The van der Waals surface area contributed by atoms with Crippen molar-refractivity contribution < 1.29 is 9.47 Å². The maximum atomic E-state index is 5.68. The lowest BCUT2D eigenvalue weighted by atomic mass is 10.1. The van der Waals surface area contributed by atoms with E-state index in [1.165, 1.54) is 0 Å². The molecule has 4 heteroatoms. The van der Waals surface area contributed by atoms with Crippen molar-refractivity contribution in [3.8, 4) is 0 Å². The second kappa shape index (κ2) is 6.98. The molecule has 0 N–H and O–H groups in total. The lowest BCUT2D eigenvalue weighted by Crippen LogP contribution is -2.31. The molecular weight excluding hydrogens is 281 g/mol. The molecule has 0 aliphatic carbocycles. The van der Waals surface area contributed by atoms with Crippen molar-refractivity contribution in [2.45, 2.75) is 25.9 Å². The van der Waals surface area contributed by atoms with Crippen molar-refractivity contribution in [1.29, 1.82) is 0 Å². The van der Waals surface area contributed by atoms with Crippen LogP contribution in [0.5, 0.6) is 0 Å². The van der Waals surface area contributed by atoms with Gasteiger partial charge in [-0.1, -0.05) is 0 Å². The molecule has 0 aromatic carbocycles. The van der Waals surface area contributed by atoms with Crippen LogP contribution in [-0.2, 0) is 9.47 Å². The van der Waals surface area contributed by atoms with Gasteiger partial charge in [-0.3, -0.25) is 0 Å². The zero-order valence-corrected chi connectivity index (χ0v) is 10.3. The Kier molecular flexibility index (Phi) is 6.27. The minimum atomic E-state index is 0.464. The average Bonchev–Trinajstić information content (AvgIpc) is 2.15. The van der Waals surface area contributed by atoms with Crippen LogP contribution in [0.2, 0.25) is 0 Å². The number of ether oxygens (including phenoxy) is 2. The van der Waals surface area contributed by atoms with E-state index in [9.17, 15) is 0 Å². The van der Waals surface area contributed by atoms with E-state index >= 15 is 0 Å². The van der Waals surface area contributed by atoms with Gasteiger partial charge in [0, 0.05) is 42.6 Å². The third kappa shape index (κ3) is 5.15. The van der Waals surface area contributed by atoms with Gasteiger partial charge in [0.05, 0.1) is 19.3 Å². The first-order valence-corrected chi connectivity index (χ1v) is 5.89. The van der Waals surface area contributed by atoms with E-state index in [4.69, 9.17) is 9.47 Å². The Balaban J connectivity index is 1.96. The Morgan fingerprint density at radius 3 is 2.62 bits per heavy atom. The van der Waals surface area contributed by atoms with Gasteiger partial charge in [-0.15, -0.1) is 0 Å². The van der Waals surface area contributed by atoms with Crippen LogP contribution in [0.25, 0.3) is 0 Å². The molecule has 0 saturated carbocycles. The predicted molar refractivity (Wildman–Crippen MR) is 61.1 cm³/mol. The van der Waals surface area contributed by atoms with E-state index in [1.807, 2.05) is 6.92 Å². The minimum Gasteiger partial charge on any atom is -0.379 e. The van der Waals surface area contributed by atoms with Gasteiger partial charge >= 0.3 is 0 Å². The summed E-state index contributed by atoms with van der Waals surface area (Å²) >= 11 is 2.37. The molecule has 0 radical (unpaired) electrons. The highest BCUT2D eigenvalue weighted by atomic mass is 127. The molecule has 1 aliphatic rings. The summed E-state index contributed by atoms with van der Waals surface area (Å²) in [6.45, 7) is 6.59. The van der Waals surface area contributed by atoms with Crippen molar-refractivity contribution >= 4 is 22.9 Å². The molecule has 13 heavy (non-hydrogen) atoms. The van der Waals surface area contributed by atoms with Crippen molar-refractivity contribution in [2.24, 2.45) is 0 Å². The van der Waals surface area contributed by atoms with Crippen LogP contribution >= 0.6 is 22.9 Å². The molecule has 3 nitrogen and oxygen atoms in total. The van der Waals surface area contributed by atoms with E-state index < -0.39 is 0 Å². The highest BCUT2D eigenvalue weighted by molar-refractivity contribution is 14.1. The molecule has 0 amide bonds. The highest BCUT2D eigenvalue weighted by Crippen LogP contribution is 2.16. The number of rotatable bonds is 5. The van der Waals surface area contributed by atoms with Gasteiger partial charge in [0.2, 0.25) is 0 Å². The van der Waals surface area contributed by atoms with E-state index in [2.05, 4.69) is 26.0 Å². The lowest BCUT2D eigenvalue weighted by Gasteiger charge is -2.27. The highest BCUT2D eigenvalue weighted by Gasteiger charge is 2.17. The van der Waals surface area contributed by atoms with Crippen LogP contribution in [0, 0.1) is 0 Å². The molecule has 1 rings (SSSR count). The van der Waals surface area contributed by atoms with E-state index in [0.717, 1.165) is 45.8 Å². The summed E-state index contributed by atoms with van der Waals surface area (Å²) in [6, 6.07) is 0. The van der Waals surface area contributed by atoms with Gasteiger partial charge in [0.25, 0.3) is 0 Å². The third-order valence-electron chi connectivity index (χ3n) is 2.17. The molecule has 0 atom stereocenters. The Bertz CT molecular complexity index is 127. The zero-order chi connectivity index (χ0) is 9.52. The van der Waals surface area contributed by atoms with Crippen molar-refractivity contribution in [3.63, 3.8) is 0 Å². The molecule has 0 bridgehead atoms. The third-order valence-corrected chi connectivity index (χ3v) is 3.14. The van der Waals surface area contributed by atoms with E-state index in [-0.39, 0.29) is 0 Å². The SMILES string of the molecule is CCOCCOC1CCN(I)CC1. The molecule has 1 aliphatic heterocycles. The maximum Gasteiger partial charge on any atom is 0.0704 e. The first-order valence-electron chi connectivity index (χ1n) is 4.93. The standard InChI is InChI=1S/C9H18INO2/c1-2-12-7-8-13-9-3-5-11(10)6-4-9/h9H,2-8H2,1H3. The van der Waals surface area contributed by atoms with Crippen LogP contribution in [0.15, 0.2) is 0 Å². The molecule has 0 unspecified atom stereocenters. The normalized spacial score (nSPS) is 20.8. The second-order valence-electron chi connectivity index (χ2n) is 3.18. The fourth-order valence-electron chi connectivity index (χ4n) is 1.41. The summed E-state index contributed by atoms with van der Waals surface area (Å²) in [6.07, 6.45) is 2.79. The van der Waals surface area contributed by atoms with Crippen LogP contribution in [0.3, 0.4) is 0 Å². The topological polar surface area (TPSA) is 21.7 Å². The summed E-state index contributed by atoms with van der Waals surface area (Å²) < 4.78 is 13.2. The summed E-state index contributed by atoms with van der Waals surface area (Å²) in [5.74, 6) is 0. The number of halogens is 1. The smallest absolute Gasteiger partial charge is 0.0704 e. The molecule has 78 valence electrons. The van der Waals surface area contributed by atoms with Crippen molar-refractivity contribution in [2.75, 3.05) is 32.9 Å². The lowest BCUT2D eigenvalue weighted by molar-refractivity contribution is -0.0100. The minimum absolute atomic E-state index is 0.464. The molecular formula is C9H18INO2. The Labute approximate surface area is 94.3 Å². The molecule has 1 saturated heterocycles. The molecule has 0 aromatic heterocycles. The Morgan fingerprint density at radius 2 is 2.00 bits per heavy atom. The summed E-state index contributed by atoms with van der Waals surface area (Å²) in [4.78, 5) is 0. The summed E-state index contributed by atoms with van der Waals surface area (Å²) in [5.41, 5.74) is 0. The van der Waals surface area contributed by atoms with Crippen LogP contribution < -0.4 is 0 Å². The van der Waals surface area contributed by atoms with Gasteiger partial charge in [0.1, 0.15) is 0 Å². The van der Waals surface area contributed by atoms with Crippen molar-refractivity contribution in [3.05, 3.63) is 0 Å². The van der Waals surface area contributed by atoms with Crippen LogP contribution in [-0.4, -0.2) is 42.1 Å². The number of piperidine rings is 1. The van der Waals surface area contributed by atoms with Crippen LogP contribution in [0.1, 0.15) is 19.8 Å². The number of hydrogen-bond acceptors (Lipinski definition) is 3. The number of hydrogen-bond donors (Lipinski definition) is 0. The second-order valence-corrected chi connectivity index (χ2v) is 4.54. The monoisotopic (exact) mass is 299 g/mol. The maximum absolute atomic E-state index is 5.68. The predicted octanol–water partition coefficient (Wildman–Crippen LogP) is 1.85. The average molecular weight is 299 g/mol. The van der Waals surface area contributed by atoms with Gasteiger partial charge in [-0.2, -0.15) is 0 Å². The molecule has 0 aromatic rings.